The summed E-state index contributed by atoms with van der Waals surface area (Å²) in [5.74, 6) is -1.44. The monoisotopic (exact) mass is 268 g/mol. The van der Waals surface area contributed by atoms with E-state index in [1.165, 1.54) is 4.90 Å². The predicted octanol–water partition coefficient (Wildman–Crippen LogP) is 0.511. The summed E-state index contributed by atoms with van der Waals surface area (Å²) in [6.07, 6.45) is 6.26. The number of hydrogen-bond donors (Lipinski definition) is 2. The average Bonchev–Trinajstić information content (AvgIpc) is 2.58. The molecule has 6 nitrogen and oxygen atoms in total. The molecule has 0 aromatic rings. The summed E-state index contributed by atoms with van der Waals surface area (Å²) in [6.45, 7) is -0.289. The highest BCUT2D eigenvalue weighted by Gasteiger charge is 2.42. The average molecular weight is 268 g/mol. The lowest BCUT2D eigenvalue weighted by Gasteiger charge is -2.25. The number of carboxylic acids is 1. The minimum absolute atomic E-state index is 0.0131. The normalized spacial score (nSPS) is 25.7. The van der Waals surface area contributed by atoms with Gasteiger partial charge in [0.1, 0.15) is 0 Å². The number of hydrogen-bond acceptors (Lipinski definition) is 4. The molecule has 1 saturated heterocycles. The van der Waals surface area contributed by atoms with Gasteiger partial charge in [-0.1, -0.05) is 25.7 Å². The molecular formula is C13H20N2O4. The maximum Gasteiger partial charge on any atom is 0.317 e. The minimum atomic E-state index is -1.02. The van der Waals surface area contributed by atoms with Gasteiger partial charge in [-0.15, -0.1) is 0 Å². The molecule has 1 saturated carbocycles. The maximum absolute atomic E-state index is 12.2. The van der Waals surface area contributed by atoms with Gasteiger partial charge in [-0.05, 0) is 12.8 Å². The first-order valence-corrected chi connectivity index (χ1v) is 6.90. The molecule has 0 radical (unpaired) electrons. The SMILES string of the molecule is O=C(O)CNC1CC(=O)N(C2CCCCCC2)C1=O. The third kappa shape index (κ3) is 3.32. The van der Waals surface area contributed by atoms with Crippen LogP contribution in [0.2, 0.25) is 0 Å². The number of imide groups is 1. The van der Waals surface area contributed by atoms with Crippen LogP contribution in [0.5, 0.6) is 0 Å². The molecule has 1 heterocycles. The number of nitrogens with one attached hydrogen (secondary N) is 1. The quantitative estimate of drug-likeness (QED) is 0.573. The Labute approximate surface area is 112 Å². The summed E-state index contributed by atoms with van der Waals surface area (Å²) in [6, 6.07) is -0.647. The van der Waals surface area contributed by atoms with Crippen molar-refractivity contribution in [1.29, 1.82) is 0 Å². The van der Waals surface area contributed by atoms with E-state index in [4.69, 9.17) is 5.11 Å². The highest BCUT2D eigenvalue weighted by molar-refractivity contribution is 6.06. The van der Waals surface area contributed by atoms with Crippen LogP contribution < -0.4 is 5.32 Å². The standard InChI is InChI=1S/C13H20N2O4/c16-11-7-10(14-8-12(17)18)13(19)15(11)9-5-3-1-2-4-6-9/h9-10,14H,1-8H2,(H,17,18). The Bertz CT molecular complexity index is 375. The van der Waals surface area contributed by atoms with Crippen LogP contribution in [0.25, 0.3) is 0 Å². The third-order valence-corrected chi connectivity index (χ3v) is 3.87. The Morgan fingerprint density at radius 2 is 1.84 bits per heavy atom. The zero-order chi connectivity index (χ0) is 13.8. The molecule has 1 unspecified atom stereocenters. The van der Waals surface area contributed by atoms with E-state index in [0.29, 0.717) is 0 Å². The molecule has 19 heavy (non-hydrogen) atoms. The van der Waals surface area contributed by atoms with Crippen molar-refractivity contribution in [1.82, 2.24) is 10.2 Å². The molecule has 0 bridgehead atoms. The van der Waals surface area contributed by atoms with Crippen molar-refractivity contribution in [3.63, 3.8) is 0 Å². The van der Waals surface area contributed by atoms with Gasteiger partial charge in [0.15, 0.2) is 0 Å². The Balaban J connectivity index is 1.98. The number of rotatable bonds is 4. The van der Waals surface area contributed by atoms with Crippen LogP contribution >= 0.6 is 0 Å². The fourth-order valence-electron chi connectivity index (χ4n) is 2.92. The summed E-state index contributed by atoms with van der Waals surface area (Å²) < 4.78 is 0. The summed E-state index contributed by atoms with van der Waals surface area (Å²) in [5.41, 5.74) is 0. The molecule has 0 spiro atoms. The fourth-order valence-corrected chi connectivity index (χ4v) is 2.92. The van der Waals surface area contributed by atoms with Crippen LogP contribution in [0.1, 0.15) is 44.9 Å². The van der Waals surface area contributed by atoms with Crippen molar-refractivity contribution in [2.24, 2.45) is 0 Å². The van der Waals surface area contributed by atoms with Gasteiger partial charge in [0.2, 0.25) is 11.8 Å². The molecule has 2 fully saturated rings. The van der Waals surface area contributed by atoms with Crippen molar-refractivity contribution in [2.45, 2.75) is 57.0 Å². The van der Waals surface area contributed by atoms with Gasteiger partial charge in [0.05, 0.1) is 19.0 Å². The maximum atomic E-state index is 12.2. The minimum Gasteiger partial charge on any atom is -0.480 e. The van der Waals surface area contributed by atoms with Gasteiger partial charge in [-0.3, -0.25) is 24.6 Å². The molecule has 0 aromatic heterocycles. The second kappa shape index (κ2) is 6.14. The zero-order valence-corrected chi connectivity index (χ0v) is 10.9. The van der Waals surface area contributed by atoms with Crippen molar-refractivity contribution in [3.8, 4) is 0 Å². The summed E-state index contributed by atoms with van der Waals surface area (Å²) >= 11 is 0. The highest BCUT2D eigenvalue weighted by Crippen LogP contribution is 2.26. The summed E-state index contributed by atoms with van der Waals surface area (Å²) in [4.78, 5) is 36.0. The first-order chi connectivity index (χ1) is 9.09. The van der Waals surface area contributed by atoms with Crippen molar-refractivity contribution in [2.75, 3.05) is 6.54 Å². The Morgan fingerprint density at radius 1 is 1.21 bits per heavy atom. The molecule has 2 N–H and O–H groups in total. The van der Waals surface area contributed by atoms with Gasteiger partial charge in [-0.2, -0.15) is 0 Å². The van der Waals surface area contributed by atoms with E-state index >= 15 is 0 Å². The van der Waals surface area contributed by atoms with E-state index in [1.54, 1.807) is 0 Å². The first kappa shape index (κ1) is 14.0. The van der Waals surface area contributed by atoms with Crippen LogP contribution in [-0.2, 0) is 14.4 Å². The van der Waals surface area contributed by atoms with Crippen molar-refractivity contribution < 1.29 is 19.5 Å². The lowest BCUT2D eigenvalue weighted by molar-refractivity contribution is -0.141. The number of aliphatic carboxylic acids is 1. The summed E-state index contributed by atoms with van der Waals surface area (Å²) in [5, 5.41) is 11.2. The molecule has 6 heteroatoms. The number of likely N-dealkylation sites (tertiary alicyclic amines) is 1. The number of carbonyl (C=O) groups is 3. The van der Waals surface area contributed by atoms with Gasteiger partial charge in [0, 0.05) is 6.04 Å². The van der Waals surface area contributed by atoms with Crippen LogP contribution in [-0.4, -0.2) is 46.4 Å². The van der Waals surface area contributed by atoms with Gasteiger partial charge >= 0.3 is 5.97 Å². The van der Waals surface area contributed by atoms with E-state index in [0.717, 1.165) is 38.5 Å². The Hall–Kier alpha value is -1.43. The molecule has 106 valence electrons. The Kier molecular flexibility index (Phi) is 4.52. The molecule has 2 aliphatic rings. The van der Waals surface area contributed by atoms with Crippen molar-refractivity contribution >= 4 is 17.8 Å². The van der Waals surface area contributed by atoms with Crippen LogP contribution in [0.3, 0.4) is 0 Å². The fraction of sp³-hybridized carbons (Fsp3) is 0.769. The largest absolute Gasteiger partial charge is 0.480 e. The number of nitrogens with zero attached hydrogens (tertiary/aromatic N) is 1. The second-order valence-electron chi connectivity index (χ2n) is 5.28. The van der Waals surface area contributed by atoms with Gasteiger partial charge in [-0.25, -0.2) is 0 Å². The summed E-state index contributed by atoms with van der Waals surface area (Å²) in [7, 11) is 0. The van der Waals surface area contributed by atoms with E-state index in [1.807, 2.05) is 0 Å². The van der Waals surface area contributed by atoms with Crippen molar-refractivity contribution in [3.05, 3.63) is 0 Å². The predicted molar refractivity (Wildman–Crippen MR) is 67.4 cm³/mol. The van der Waals surface area contributed by atoms with Crippen LogP contribution in [0.15, 0.2) is 0 Å². The first-order valence-electron chi connectivity index (χ1n) is 6.90. The van der Waals surface area contributed by atoms with E-state index in [9.17, 15) is 14.4 Å². The molecule has 1 aliphatic carbocycles. The lowest BCUT2D eigenvalue weighted by atomic mass is 10.1. The second-order valence-corrected chi connectivity index (χ2v) is 5.28. The molecule has 2 rings (SSSR count). The third-order valence-electron chi connectivity index (χ3n) is 3.87. The number of carboxylic acid groups (broad SMARTS) is 1. The molecule has 0 aromatic carbocycles. The number of amides is 2. The van der Waals surface area contributed by atoms with Crippen LogP contribution in [0, 0.1) is 0 Å². The Morgan fingerprint density at radius 3 is 2.42 bits per heavy atom. The van der Waals surface area contributed by atoms with E-state index < -0.39 is 12.0 Å². The zero-order valence-electron chi connectivity index (χ0n) is 10.9. The van der Waals surface area contributed by atoms with Gasteiger partial charge in [0.25, 0.3) is 0 Å². The smallest absolute Gasteiger partial charge is 0.317 e. The lowest BCUT2D eigenvalue weighted by Crippen LogP contribution is -2.44. The molecular weight excluding hydrogens is 248 g/mol. The number of carbonyl (C=O) groups excluding carboxylic acids is 2. The van der Waals surface area contributed by atoms with E-state index in [-0.39, 0.29) is 30.8 Å². The molecule has 1 atom stereocenters. The molecule has 2 amide bonds. The molecule has 1 aliphatic heterocycles. The van der Waals surface area contributed by atoms with Gasteiger partial charge < -0.3 is 5.11 Å². The topological polar surface area (TPSA) is 86.7 Å². The van der Waals surface area contributed by atoms with E-state index in [2.05, 4.69) is 5.32 Å². The van der Waals surface area contributed by atoms with Crippen LogP contribution in [0.4, 0.5) is 0 Å². The highest BCUT2D eigenvalue weighted by atomic mass is 16.4.